The Hall–Kier alpha value is -3.44. The zero-order chi connectivity index (χ0) is 24.3. The lowest BCUT2D eigenvalue weighted by Crippen LogP contribution is -2.18. The van der Waals surface area contributed by atoms with Crippen molar-refractivity contribution in [2.45, 2.75) is 38.6 Å². The lowest BCUT2D eigenvalue weighted by atomic mass is 9.92. The highest BCUT2D eigenvalue weighted by molar-refractivity contribution is 7.92. The highest BCUT2D eigenvalue weighted by atomic mass is 32.2. The van der Waals surface area contributed by atoms with Crippen molar-refractivity contribution in [2.75, 3.05) is 24.6 Å². The van der Waals surface area contributed by atoms with Crippen LogP contribution in [0.3, 0.4) is 0 Å². The zero-order valence-corrected chi connectivity index (χ0v) is 20.7. The Balaban J connectivity index is 1.85. The predicted octanol–water partition coefficient (Wildman–Crippen LogP) is 4.79. The van der Waals surface area contributed by atoms with E-state index in [4.69, 9.17) is 0 Å². The Bertz CT molecular complexity index is 1360. The number of rotatable bonds is 9. The molecule has 1 aliphatic rings. The third-order valence-corrected chi connectivity index (χ3v) is 7.82. The number of sulfonamides is 1. The molecular formula is C26H31N5O2S. The molecule has 178 valence electrons. The van der Waals surface area contributed by atoms with E-state index in [1.165, 1.54) is 6.42 Å². The van der Waals surface area contributed by atoms with Crippen molar-refractivity contribution in [2.24, 2.45) is 0 Å². The number of fused-ring (bicyclic) bond motifs is 1. The Labute approximate surface area is 201 Å². The molecule has 0 atom stereocenters. The predicted molar refractivity (Wildman–Crippen MR) is 139 cm³/mol. The van der Waals surface area contributed by atoms with Gasteiger partial charge in [-0.2, -0.15) is 5.26 Å². The van der Waals surface area contributed by atoms with E-state index >= 15 is 0 Å². The largest absolute Gasteiger partial charge is 0.392 e. The first kappa shape index (κ1) is 23.7. The van der Waals surface area contributed by atoms with Crippen molar-refractivity contribution in [3.8, 4) is 17.3 Å². The van der Waals surface area contributed by atoms with Gasteiger partial charge in [0.2, 0.25) is 10.0 Å². The van der Waals surface area contributed by atoms with E-state index in [-0.39, 0.29) is 5.75 Å². The average Bonchev–Trinajstić information content (AvgIpc) is 3.09. The molecule has 0 aliphatic heterocycles. The molecule has 7 nitrogen and oxygen atoms in total. The van der Waals surface area contributed by atoms with Crippen LogP contribution >= 0.6 is 0 Å². The van der Waals surface area contributed by atoms with Gasteiger partial charge in [0.15, 0.2) is 0 Å². The molecule has 1 saturated carbocycles. The van der Waals surface area contributed by atoms with Crippen LogP contribution in [0.1, 0.15) is 49.8 Å². The Kier molecular flexibility index (Phi) is 6.85. The fraction of sp³-hybridized carbons (Fsp3) is 0.346. The van der Waals surface area contributed by atoms with Crippen LogP contribution in [0.15, 0.2) is 48.7 Å². The second-order valence-corrected chi connectivity index (χ2v) is 10.5. The van der Waals surface area contributed by atoms with Gasteiger partial charge in [-0.05, 0) is 49.4 Å². The van der Waals surface area contributed by atoms with E-state index in [0.717, 1.165) is 46.3 Å². The minimum Gasteiger partial charge on any atom is -0.392 e. The standard InChI is InChI=1S/C26H31N5O2S/c1-4-14-34(32,33)30-20-11-8-18(9-12-20)26-23(16-27)22-13-10-19(24(29-3)17-28-2)15-25(22)31(26)21-6-5-7-21/h8-13,15,17,21,28-30H,4-7,14H2,1-3H3/b24-17-. The number of nitrogens with one attached hydrogen (secondary N) is 3. The minimum absolute atomic E-state index is 0.0855. The quantitative estimate of drug-likeness (QED) is 0.411. The summed E-state index contributed by atoms with van der Waals surface area (Å²) in [6.07, 6.45) is 5.80. The van der Waals surface area contributed by atoms with Gasteiger partial charge in [0, 0.05) is 43.0 Å². The van der Waals surface area contributed by atoms with Gasteiger partial charge in [-0.15, -0.1) is 0 Å². The molecule has 8 heteroatoms. The first-order valence-corrected chi connectivity index (χ1v) is 13.3. The van der Waals surface area contributed by atoms with Crippen LogP contribution in [0.25, 0.3) is 27.9 Å². The van der Waals surface area contributed by atoms with Crippen LogP contribution < -0.4 is 15.4 Å². The van der Waals surface area contributed by atoms with Gasteiger partial charge in [-0.3, -0.25) is 4.72 Å². The van der Waals surface area contributed by atoms with Gasteiger partial charge in [0.05, 0.1) is 28.2 Å². The van der Waals surface area contributed by atoms with Gasteiger partial charge in [0.25, 0.3) is 0 Å². The monoisotopic (exact) mass is 477 g/mol. The molecule has 4 rings (SSSR count). The van der Waals surface area contributed by atoms with Crippen LogP contribution in [-0.2, 0) is 10.0 Å². The SMILES string of the molecule is CCCS(=O)(=O)Nc1ccc(-c2c(C#N)c3ccc(/C(=C/NC)NC)cc3n2C2CCC2)cc1. The van der Waals surface area contributed by atoms with E-state index in [0.29, 0.717) is 23.7 Å². The topological polar surface area (TPSA) is 99.0 Å². The van der Waals surface area contributed by atoms with Gasteiger partial charge in [0.1, 0.15) is 6.07 Å². The number of benzene rings is 2. The molecule has 0 spiro atoms. The molecule has 3 aromatic rings. The molecular weight excluding hydrogens is 446 g/mol. The summed E-state index contributed by atoms with van der Waals surface area (Å²) in [6, 6.07) is 16.3. The maximum Gasteiger partial charge on any atom is 0.232 e. The molecule has 1 aliphatic carbocycles. The fourth-order valence-electron chi connectivity index (χ4n) is 4.54. The molecule has 34 heavy (non-hydrogen) atoms. The van der Waals surface area contributed by atoms with Crippen LogP contribution in [0.5, 0.6) is 0 Å². The van der Waals surface area contributed by atoms with Crippen LogP contribution in [0.4, 0.5) is 5.69 Å². The van der Waals surface area contributed by atoms with Crippen LogP contribution in [-0.4, -0.2) is 32.8 Å². The lowest BCUT2D eigenvalue weighted by molar-refractivity contribution is 0.324. The highest BCUT2D eigenvalue weighted by Crippen LogP contribution is 2.43. The molecule has 1 aromatic heterocycles. The van der Waals surface area contributed by atoms with E-state index in [9.17, 15) is 13.7 Å². The fourth-order valence-corrected chi connectivity index (χ4v) is 5.67. The number of hydrogen-bond donors (Lipinski definition) is 3. The summed E-state index contributed by atoms with van der Waals surface area (Å²) in [7, 11) is 0.399. The second-order valence-electron chi connectivity index (χ2n) is 8.62. The first-order chi connectivity index (χ1) is 16.4. The summed E-state index contributed by atoms with van der Waals surface area (Å²) in [5.74, 6) is 0.0855. The number of nitriles is 1. The number of nitrogens with zero attached hydrogens (tertiary/aromatic N) is 2. The van der Waals surface area contributed by atoms with Crippen molar-refractivity contribution in [3.05, 3.63) is 59.8 Å². The summed E-state index contributed by atoms with van der Waals surface area (Å²) in [4.78, 5) is 0. The molecule has 3 N–H and O–H groups in total. The smallest absolute Gasteiger partial charge is 0.232 e. The van der Waals surface area contributed by atoms with Crippen molar-refractivity contribution in [1.82, 2.24) is 15.2 Å². The zero-order valence-electron chi connectivity index (χ0n) is 19.9. The van der Waals surface area contributed by atoms with Crippen molar-refractivity contribution in [3.63, 3.8) is 0 Å². The summed E-state index contributed by atoms with van der Waals surface area (Å²) in [5, 5.41) is 17.4. The average molecular weight is 478 g/mol. The van der Waals surface area contributed by atoms with Crippen molar-refractivity contribution >= 4 is 32.3 Å². The summed E-state index contributed by atoms with van der Waals surface area (Å²) < 4.78 is 29.2. The summed E-state index contributed by atoms with van der Waals surface area (Å²) in [6.45, 7) is 1.84. The van der Waals surface area contributed by atoms with Gasteiger partial charge < -0.3 is 15.2 Å². The number of aromatic nitrogens is 1. The molecule has 2 aromatic carbocycles. The Morgan fingerprint density at radius 1 is 1.18 bits per heavy atom. The number of hydrogen-bond acceptors (Lipinski definition) is 5. The van der Waals surface area contributed by atoms with E-state index in [1.807, 2.05) is 51.5 Å². The van der Waals surface area contributed by atoms with E-state index < -0.39 is 10.0 Å². The van der Waals surface area contributed by atoms with E-state index in [2.05, 4.69) is 32.1 Å². The minimum atomic E-state index is -3.36. The Morgan fingerprint density at radius 3 is 2.47 bits per heavy atom. The van der Waals surface area contributed by atoms with Crippen molar-refractivity contribution in [1.29, 1.82) is 5.26 Å². The Morgan fingerprint density at radius 2 is 1.91 bits per heavy atom. The van der Waals surface area contributed by atoms with E-state index in [1.54, 1.807) is 12.1 Å². The van der Waals surface area contributed by atoms with Gasteiger partial charge in [-0.1, -0.05) is 31.2 Å². The lowest BCUT2D eigenvalue weighted by Gasteiger charge is -2.30. The molecule has 1 fully saturated rings. The van der Waals surface area contributed by atoms with Crippen LogP contribution in [0.2, 0.25) is 0 Å². The maximum absolute atomic E-state index is 12.1. The summed E-state index contributed by atoms with van der Waals surface area (Å²) >= 11 is 0. The molecule has 0 bridgehead atoms. The summed E-state index contributed by atoms with van der Waals surface area (Å²) in [5.41, 5.74) is 6.02. The molecule has 0 radical (unpaired) electrons. The second kappa shape index (κ2) is 9.82. The molecule has 0 amide bonds. The third kappa shape index (κ3) is 4.48. The van der Waals surface area contributed by atoms with Gasteiger partial charge in [-0.25, -0.2) is 8.42 Å². The van der Waals surface area contributed by atoms with Crippen LogP contribution in [0, 0.1) is 11.3 Å². The third-order valence-electron chi connectivity index (χ3n) is 6.33. The normalized spacial score (nSPS) is 14.5. The first-order valence-electron chi connectivity index (χ1n) is 11.7. The maximum atomic E-state index is 12.1. The highest BCUT2D eigenvalue weighted by Gasteiger charge is 2.28. The number of anilines is 1. The molecule has 0 unspecified atom stereocenters. The molecule has 0 saturated heterocycles. The molecule has 1 heterocycles. The van der Waals surface area contributed by atoms with Crippen molar-refractivity contribution < 1.29 is 8.42 Å². The van der Waals surface area contributed by atoms with Gasteiger partial charge >= 0.3 is 0 Å².